The molecule has 120 valence electrons. The van der Waals surface area contributed by atoms with E-state index in [1.807, 2.05) is 13.8 Å². The Morgan fingerprint density at radius 1 is 1.13 bits per heavy atom. The molecule has 0 saturated carbocycles. The number of hydrogen-bond donors (Lipinski definition) is 1. The van der Waals surface area contributed by atoms with Gasteiger partial charge in [-0.05, 0) is 36.2 Å². The Morgan fingerprint density at radius 3 is 2.39 bits per heavy atom. The van der Waals surface area contributed by atoms with Crippen molar-refractivity contribution >= 4 is 29.1 Å². The monoisotopic (exact) mass is 329 g/mol. The molecule has 5 nitrogen and oxygen atoms in total. The third kappa shape index (κ3) is 5.83. The van der Waals surface area contributed by atoms with E-state index in [4.69, 9.17) is 0 Å². The number of aromatic nitrogens is 2. The molecule has 0 aliphatic carbocycles. The number of carbonyl (C=O) groups is 2. The Morgan fingerprint density at radius 2 is 1.78 bits per heavy atom. The van der Waals surface area contributed by atoms with Crippen LogP contribution in [0.25, 0.3) is 0 Å². The number of carbonyl (C=O) groups excluding carboxylic acids is 2. The number of nitrogens with one attached hydrogen (secondary N) is 1. The van der Waals surface area contributed by atoms with Crippen LogP contribution >= 0.6 is 11.8 Å². The van der Waals surface area contributed by atoms with Crippen LogP contribution in [0.1, 0.15) is 30.6 Å². The van der Waals surface area contributed by atoms with Gasteiger partial charge in [0.2, 0.25) is 5.91 Å². The van der Waals surface area contributed by atoms with E-state index < -0.39 is 0 Å². The van der Waals surface area contributed by atoms with Crippen LogP contribution in [0.4, 0.5) is 5.69 Å². The molecule has 1 amide bonds. The lowest BCUT2D eigenvalue weighted by molar-refractivity contribution is -0.116. The van der Waals surface area contributed by atoms with E-state index in [1.165, 1.54) is 11.8 Å². The highest BCUT2D eigenvalue weighted by atomic mass is 32.2. The van der Waals surface area contributed by atoms with E-state index in [2.05, 4.69) is 15.3 Å². The number of Topliss-reactive ketones (excluding diaryl/α,β-unsaturated/α-hetero) is 1. The first kappa shape index (κ1) is 17.1. The van der Waals surface area contributed by atoms with Crippen molar-refractivity contribution in [3.8, 4) is 0 Å². The molecule has 0 fully saturated rings. The van der Waals surface area contributed by atoms with Gasteiger partial charge in [0.05, 0.1) is 5.75 Å². The summed E-state index contributed by atoms with van der Waals surface area (Å²) in [6.07, 6.45) is 3.78. The average Bonchev–Trinajstić information content (AvgIpc) is 2.53. The molecule has 0 unspecified atom stereocenters. The summed E-state index contributed by atoms with van der Waals surface area (Å²) in [6.45, 7) is 3.99. The number of hydrogen-bond acceptors (Lipinski definition) is 5. The molecule has 1 aromatic carbocycles. The standard InChI is InChI=1S/C17H19N3O2S/c1-12(2)10-16(22)20-14-6-4-13(5-7-14)15(21)11-23-17-18-8-3-9-19-17/h3-9,12H,10-11H2,1-2H3,(H,20,22). The molecule has 23 heavy (non-hydrogen) atoms. The Labute approximate surface area is 139 Å². The minimum atomic E-state index is -0.0177. The van der Waals surface area contributed by atoms with Crippen molar-refractivity contribution in [1.29, 1.82) is 0 Å². The van der Waals surface area contributed by atoms with Gasteiger partial charge in [-0.15, -0.1) is 0 Å². The van der Waals surface area contributed by atoms with Gasteiger partial charge in [0.1, 0.15) is 0 Å². The predicted octanol–water partition coefficient (Wildman–Crippen LogP) is 3.44. The fraction of sp³-hybridized carbons (Fsp3) is 0.294. The maximum absolute atomic E-state index is 12.1. The quantitative estimate of drug-likeness (QED) is 0.478. The second-order valence-corrected chi connectivity index (χ2v) is 6.41. The molecule has 2 rings (SSSR count). The van der Waals surface area contributed by atoms with Crippen LogP contribution in [0.3, 0.4) is 0 Å². The Balaban J connectivity index is 1.88. The molecular formula is C17H19N3O2S. The maximum atomic E-state index is 12.1. The molecule has 1 aromatic heterocycles. The zero-order valence-corrected chi connectivity index (χ0v) is 14.0. The molecule has 1 N–H and O–H groups in total. The largest absolute Gasteiger partial charge is 0.326 e. The molecule has 0 aliphatic rings. The summed E-state index contributed by atoms with van der Waals surface area (Å²) in [5.74, 6) is 0.578. The number of rotatable bonds is 7. The summed E-state index contributed by atoms with van der Waals surface area (Å²) in [6, 6.07) is 8.67. The van der Waals surface area contributed by atoms with Crippen molar-refractivity contribution in [2.75, 3.05) is 11.1 Å². The Kier molecular flexibility index (Phi) is 6.29. The minimum absolute atomic E-state index is 0.00232. The van der Waals surface area contributed by atoms with Gasteiger partial charge < -0.3 is 5.32 Å². The highest BCUT2D eigenvalue weighted by molar-refractivity contribution is 7.99. The van der Waals surface area contributed by atoms with Crippen molar-refractivity contribution in [1.82, 2.24) is 9.97 Å². The lowest BCUT2D eigenvalue weighted by Gasteiger charge is -2.07. The van der Waals surface area contributed by atoms with E-state index in [9.17, 15) is 9.59 Å². The first-order chi connectivity index (χ1) is 11.0. The Hall–Kier alpha value is -2.21. The van der Waals surface area contributed by atoms with Crippen molar-refractivity contribution in [3.63, 3.8) is 0 Å². The molecule has 2 aromatic rings. The van der Waals surface area contributed by atoms with Gasteiger partial charge in [0.15, 0.2) is 10.9 Å². The third-order valence-corrected chi connectivity index (χ3v) is 3.83. The molecule has 0 bridgehead atoms. The van der Waals surface area contributed by atoms with E-state index in [0.29, 0.717) is 28.7 Å². The summed E-state index contributed by atoms with van der Waals surface area (Å²) in [5, 5.41) is 3.40. The van der Waals surface area contributed by atoms with E-state index in [0.717, 1.165) is 0 Å². The van der Waals surface area contributed by atoms with Crippen molar-refractivity contribution < 1.29 is 9.59 Å². The number of ketones is 1. The van der Waals surface area contributed by atoms with Crippen LogP contribution in [-0.2, 0) is 4.79 Å². The predicted molar refractivity (Wildman–Crippen MR) is 91.6 cm³/mol. The molecule has 0 radical (unpaired) electrons. The number of nitrogens with zero attached hydrogens (tertiary/aromatic N) is 2. The highest BCUT2D eigenvalue weighted by Gasteiger charge is 2.09. The summed E-state index contributed by atoms with van der Waals surface area (Å²) >= 11 is 1.30. The second kappa shape index (κ2) is 8.43. The summed E-state index contributed by atoms with van der Waals surface area (Å²) < 4.78 is 0. The first-order valence-corrected chi connectivity index (χ1v) is 8.36. The number of amides is 1. The van der Waals surface area contributed by atoms with Crippen LogP contribution < -0.4 is 5.32 Å². The third-order valence-electron chi connectivity index (χ3n) is 2.96. The first-order valence-electron chi connectivity index (χ1n) is 7.37. The zero-order valence-electron chi connectivity index (χ0n) is 13.2. The van der Waals surface area contributed by atoms with Gasteiger partial charge in [-0.2, -0.15) is 0 Å². The topological polar surface area (TPSA) is 72.0 Å². The summed E-state index contributed by atoms with van der Waals surface area (Å²) in [5.41, 5.74) is 1.31. The molecule has 6 heteroatoms. The summed E-state index contributed by atoms with van der Waals surface area (Å²) in [7, 11) is 0. The normalized spacial score (nSPS) is 10.6. The SMILES string of the molecule is CC(C)CC(=O)Nc1ccc(C(=O)CSc2ncccn2)cc1. The maximum Gasteiger partial charge on any atom is 0.224 e. The Bertz CT molecular complexity index is 657. The van der Waals surface area contributed by atoms with Crippen LogP contribution in [0.15, 0.2) is 47.9 Å². The lowest BCUT2D eigenvalue weighted by atomic mass is 10.1. The lowest BCUT2D eigenvalue weighted by Crippen LogP contribution is -2.14. The molecule has 0 aliphatic heterocycles. The van der Waals surface area contributed by atoms with Gasteiger partial charge in [-0.1, -0.05) is 25.6 Å². The molecule has 1 heterocycles. The smallest absolute Gasteiger partial charge is 0.224 e. The zero-order chi connectivity index (χ0) is 16.7. The van der Waals surface area contributed by atoms with Crippen LogP contribution in [-0.4, -0.2) is 27.4 Å². The summed E-state index contributed by atoms with van der Waals surface area (Å²) in [4.78, 5) is 32.0. The van der Waals surface area contributed by atoms with Crippen molar-refractivity contribution in [3.05, 3.63) is 48.3 Å². The van der Waals surface area contributed by atoms with Crippen LogP contribution in [0.2, 0.25) is 0 Å². The van der Waals surface area contributed by atoms with Gasteiger partial charge in [-0.25, -0.2) is 9.97 Å². The van der Waals surface area contributed by atoms with Crippen molar-refractivity contribution in [2.45, 2.75) is 25.4 Å². The highest BCUT2D eigenvalue weighted by Crippen LogP contribution is 2.16. The van der Waals surface area contributed by atoms with E-state index in [1.54, 1.807) is 42.7 Å². The number of anilines is 1. The van der Waals surface area contributed by atoms with Crippen molar-refractivity contribution in [2.24, 2.45) is 5.92 Å². The molecular weight excluding hydrogens is 310 g/mol. The van der Waals surface area contributed by atoms with Crippen LogP contribution in [0, 0.1) is 5.92 Å². The molecule has 0 saturated heterocycles. The fourth-order valence-electron chi connectivity index (χ4n) is 1.90. The average molecular weight is 329 g/mol. The van der Waals surface area contributed by atoms with Gasteiger partial charge in [-0.3, -0.25) is 9.59 Å². The van der Waals surface area contributed by atoms with E-state index >= 15 is 0 Å². The van der Waals surface area contributed by atoms with Gasteiger partial charge >= 0.3 is 0 Å². The fourth-order valence-corrected chi connectivity index (χ4v) is 2.59. The molecule has 0 atom stereocenters. The number of thioether (sulfide) groups is 1. The second-order valence-electron chi connectivity index (χ2n) is 5.47. The van der Waals surface area contributed by atoms with Gasteiger partial charge in [0, 0.05) is 30.1 Å². The number of benzene rings is 1. The minimum Gasteiger partial charge on any atom is -0.326 e. The van der Waals surface area contributed by atoms with E-state index in [-0.39, 0.29) is 17.4 Å². The van der Waals surface area contributed by atoms with Gasteiger partial charge in [0.25, 0.3) is 0 Å². The molecule has 0 spiro atoms. The van der Waals surface area contributed by atoms with Crippen LogP contribution in [0.5, 0.6) is 0 Å².